The van der Waals surface area contributed by atoms with Crippen molar-refractivity contribution in [2.24, 2.45) is 11.3 Å². The van der Waals surface area contributed by atoms with E-state index in [-0.39, 0.29) is 11.6 Å². The van der Waals surface area contributed by atoms with Gasteiger partial charge in [0, 0.05) is 0 Å². The Morgan fingerprint density at radius 3 is 2.06 bits per heavy atom. The monoisotopic (exact) mass is 436 g/mol. The first-order valence-corrected chi connectivity index (χ1v) is 10.6. The van der Waals surface area contributed by atoms with E-state index in [1.54, 1.807) is 12.1 Å². The number of rotatable bonds is 3. The topological polar surface area (TPSA) is 0 Å². The van der Waals surface area contributed by atoms with Gasteiger partial charge in [0.25, 0.3) is 0 Å². The van der Waals surface area contributed by atoms with Gasteiger partial charge in [0.1, 0.15) is 0 Å². The van der Waals surface area contributed by atoms with Crippen LogP contribution in [0.25, 0.3) is 17.2 Å². The minimum absolute atomic E-state index is 0.0449. The molecule has 0 atom stereocenters. The Morgan fingerprint density at radius 1 is 0.871 bits per heavy atom. The zero-order chi connectivity index (χ0) is 22.0. The molecule has 0 spiro atoms. The summed E-state index contributed by atoms with van der Waals surface area (Å²) in [6.07, 6.45) is 0.252. The maximum Gasteiger partial charge on any atom is 0.416 e. The molecule has 3 aliphatic carbocycles. The molecule has 0 nitrogen and oxygen atoms in total. The molecule has 0 heterocycles. The number of allylic oxidation sites excluding steroid dienone is 1. The highest BCUT2D eigenvalue weighted by Crippen LogP contribution is 2.58. The van der Waals surface area contributed by atoms with Crippen molar-refractivity contribution in [3.63, 3.8) is 0 Å². The molecule has 2 aromatic carbocycles. The Bertz CT molecular complexity index is 1020. The van der Waals surface area contributed by atoms with Gasteiger partial charge < -0.3 is 0 Å². The molecule has 2 aromatic rings. The molecule has 0 amide bonds. The van der Waals surface area contributed by atoms with Gasteiger partial charge >= 0.3 is 12.4 Å². The molecule has 31 heavy (non-hydrogen) atoms. The summed E-state index contributed by atoms with van der Waals surface area (Å²) in [6, 6.07) is 7.10. The maximum absolute atomic E-state index is 13.3. The molecule has 0 aliphatic heterocycles. The minimum Gasteiger partial charge on any atom is -0.166 e. The zero-order valence-corrected chi connectivity index (χ0v) is 16.8. The average molecular weight is 436 g/mol. The Balaban J connectivity index is 1.55. The molecule has 0 unspecified atom stereocenters. The van der Waals surface area contributed by atoms with Crippen molar-refractivity contribution in [2.75, 3.05) is 0 Å². The second-order valence-corrected chi connectivity index (χ2v) is 9.48. The first-order chi connectivity index (χ1) is 14.5. The van der Waals surface area contributed by atoms with E-state index in [1.807, 2.05) is 12.1 Å². The molecule has 0 aromatic heterocycles. The summed E-state index contributed by atoms with van der Waals surface area (Å²) >= 11 is 0. The largest absolute Gasteiger partial charge is 0.416 e. The summed E-state index contributed by atoms with van der Waals surface area (Å²) in [5.74, 6) is 0.825. The van der Waals surface area contributed by atoms with E-state index in [4.69, 9.17) is 0 Å². The van der Waals surface area contributed by atoms with E-state index in [2.05, 4.69) is 0 Å². The number of halogens is 6. The van der Waals surface area contributed by atoms with Gasteiger partial charge in [-0.3, -0.25) is 0 Å². The van der Waals surface area contributed by atoms with Crippen LogP contribution in [0.1, 0.15) is 60.8 Å². The molecular formula is C25H22F6. The predicted molar refractivity (Wildman–Crippen MR) is 107 cm³/mol. The van der Waals surface area contributed by atoms with Crippen LogP contribution < -0.4 is 0 Å². The van der Waals surface area contributed by atoms with Gasteiger partial charge in [-0.15, -0.1) is 0 Å². The first-order valence-electron chi connectivity index (χ1n) is 10.6. The fourth-order valence-electron chi connectivity index (χ4n) is 5.95. The van der Waals surface area contributed by atoms with Gasteiger partial charge in [-0.05, 0) is 96.7 Å². The Hall–Kier alpha value is -2.24. The lowest BCUT2D eigenvalue weighted by molar-refractivity contribution is -0.143. The van der Waals surface area contributed by atoms with Crippen LogP contribution in [0.4, 0.5) is 26.3 Å². The highest BCUT2D eigenvalue weighted by molar-refractivity contribution is 5.81. The minimum atomic E-state index is -4.85. The van der Waals surface area contributed by atoms with Crippen LogP contribution in [0.2, 0.25) is 0 Å². The summed E-state index contributed by atoms with van der Waals surface area (Å²) in [5.41, 5.74) is 1.15. The van der Waals surface area contributed by atoms with E-state index >= 15 is 0 Å². The third-order valence-electron chi connectivity index (χ3n) is 7.35. The number of hydrogen-bond donors (Lipinski definition) is 0. The lowest BCUT2D eigenvalue weighted by Crippen LogP contribution is -2.14. The van der Waals surface area contributed by atoms with E-state index in [0.717, 1.165) is 42.0 Å². The van der Waals surface area contributed by atoms with Crippen molar-refractivity contribution in [2.45, 2.75) is 57.3 Å². The summed E-state index contributed by atoms with van der Waals surface area (Å²) in [7, 11) is 0. The summed E-state index contributed by atoms with van der Waals surface area (Å²) in [6.45, 7) is 0. The smallest absolute Gasteiger partial charge is 0.166 e. The highest BCUT2D eigenvalue weighted by Gasteiger charge is 2.45. The van der Waals surface area contributed by atoms with Crippen LogP contribution in [-0.2, 0) is 18.8 Å². The number of benzene rings is 2. The molecule has 2 fully saturated rings. The van der Waals surface area contributed by atoms with Crippen molar-refractivity contribution in [1.82, 2.24) is 0 Å². The molecule has 2 saturated carbocycles. The van der Waals surface area contributed by atoms with Crippen LogP contribution in [-0.4, -0.2) is 0 Å². The second kappa shape index (κ2) is 6.88. The van der Waals surface area contributed by atoms with Crippen LogP contribution in [0.3, 0.4) is 0 Å². The third-order valence-corrected chi connectivity index (χ3v) is 7.35. The summed E-state index contributed by atoms with van der Waals surface area (Å²) in [4.78, 5) is 0. The number of hydrogen-bond acceptors (Lipinski definition) is 0. The van der Waals surface area contributed by atoms with E-state index in [0.29, 0.717) is 11.0 Å². The van der Waals surface area contributed by atoms with Gasteiger partial charge in [-0.1, -0.05) is 29.8 Å². The van der Waals surface area contributed by atoms with E-state index in [1.165, 1.54) is 37.7 Å². The van der Waals surface area contributed by atoms with Crippen molar-refractivity contribution in [3.8, 4) is 11.1 Å². The molecular weight excluding hydrogens is 414 g/mol. The Morgan fingerprint density at radius 2 is 1.52 bits per heavy atom. The normalized spacial score (nSPS) is 25.1. The predicted octanol–water partition coefficient (Wildman–Crippen LogP) is 8.30. The van der Waals surface area contributed by atoms with Crippen molar-refractivity contribution < 1.29 is 26.3 Å². The van der Waals surface area contributed by atoms with Gasteiger partial charge in [0.15, 0.2) is 0 Å². The van der Waals surface area contributed by atoms with Crippen LogP contribution in [0.5, 0.6) is 0 Å². The summed E-state index contributed by atoms with van der Waals surface area (Å²) in [5, 5.41) is 0. The zero-order valence-electron chi connectivity index (χ0n) is 16.8. The van der Waals surface area contributed by atoms with Gasteiger partial charge in [0.05, 0.1) is 11.1 Å². The Kier molecular flexibility index (Phi) is 4.58. The van der Waals surface area contributed by atoms with Crippen molar-refractivity contribution in [1.29, 1.82) is 0 Å². The first kappa shape index (κ1) is 20.7. The molecule has 0 radical (unpaired) electrons. The lowest BCUT2D eigenvalue weighted by Gasteiger charge is -2.27. The maximum atomic E-state index is 13.3. The Labute approximate surface area is 177 Å². The highest BCUT2D eigenvalue weighted by atomic mass is 19.4. The number of fused-ring (bicyclic) bond motifs is 3. The second-order valence-electron chi connectivity index (χ2n) is 9.48. The molecule has 0 saturated heterocycles. The molecule has 2 bridgehead atoms. The quantitative estimate of drug-likeness (QED) is 0.425. The lowest BCUT2D eigenvalue weighted by atomic mass is 9.78. The van der Waals surface area contributed by atoms with Gasteiger partial charge in [0.2, 0.25) is 0 Å². The van der Waals surface area contributed by atoms with Crippen molar-refractivity contribution in [3.05, 3.63) is 64.2 Å². The average Bonchev–Trinajstić information content (AvgIpc) is 3.39. The van der Waals surface area contributed by atoms with Crippen LogP contribution in [0.15, 0.2) is 42.0 Å². The van der Waals surface area contributed by atoms with E-state index in [9.17, 15) is 26.3 Å². The molecule has 0 N–H and O–H groups in total. The summed E-state index contributed by atoms with van der Waals surface area (Å²) < 4.78 is 79.9. The van der Waals surface area contributed by atoms with Gasteiger partial charge in [-0.2, -0.15) is 26.3 Å². The van der Waals surface area contributed by atoms with Gasteiger partial charge in [-0.25, -0.2) is 0 Å². The van der Waals surface area contributed by atoms with Crippen LogP contribution in [0, 0.1) is 11.3 Å². The molecule has 5 rings (SSSR count). The SMILES string of the molecule is FC(F)(F)c1cc(-c2cccc3c2C=C(CC24CCC(CC2)C4)C3)cc(C(F)(F)F)c1. The fraction of sp³-hybridized carbons (Fsp3) is 0.440. The van der Waals surface area contributed by atoms with Crippen LogP contribution >= 0.6 is 0 Å². The standard InChI is InChI=1S/C25H22F6/c26-24(27,28)19-10-18(11-20(12-19)25(29,30)31)21-3-1-2-17-8-16(9-22(17)21)14-23-6-4-15(13-23)5-7-23/h1-3,9-12,15H,4-8,13-14H2. The fourth-order valence-corrected chi connectivity index (χ4v) is 5.95. The molecule has 6 heteroatoms. The third kappa shape index (κ3) is 3.79. The molecule has 164 valence electrons. The van der Waals surface area contributed by atoms with E-state index < -0.39 is 23.5 Å². The van der Waals surface area contributed by atoms with Crippen molar-refractivity contribution >= 4 is 6.08 Å². The molecule has 3 aliphatic rings. The number of alkyl halides is 6.